The highest BCUT2D eigenvalue weighted by atomic mass is 16.1. The molecule has 0 unspecified atom stereocenters. The number of allylic oxidation sites excluding steroid dienone is 1. The standard InChI is InChI=1S/C20H21N3O/c1-15-6-5-7-16(20(15)24)14-21-17-10-12-19(13-11-17)23-22-18-8-3-2-4-9-18/h2-4,8-15,21H,5-7H2,1H3/b16-14-,23-22?/t15-/m1/s1. The van der Waals surface area contributed by atoms with Crippen molar-refractivity contribution in [3.63, 3.8) is 0 Å². The van der Waals surface area contributed by atoms with Crippen LogP contribution in [0.2, 0.25) is 0 Å². The first kappa shape index (κ1) is 16.1. The average molecular weight is 319 g/mol. The Morgan fingerprint density at radius 2 is 1.67 bits per heavy atom. The van der Waals surface area contributed by atoms with Crippen molar-refractivity contribution in [3.8, 4) is 0 Å². The molecule has 0 heterocycles. The van der Waals surface area contributed by atoms with Crippen LogP contribution in [0.4, 0.5) is 17.1 Å². The van der Waals surface area contributed by atoms with E-state index in [-0.39, 0.29) is 11.7 Å². The number of nitrogens with zero attached hydrogens (tertiary/aromatic N) is 2. The molecule has 2 aromatic carbocycles. The van der Waals surface area contributed by atoms with Crippen molar-refractivity contribution in [1.29, 1.82) is 0 Å². The first-order valence-electron chi connectivity index (χ1n) is 8.29. The Balaban J connectivity index is 1.62. The summed E-state index contributed by atoms with van der Waals surface area (Å²) < 4.78 is 0. The van der Waals surface area contributed by atoms with Crippen LogP contribution >= 0.6 is 0 Å². The van der Waals surface area contributed by atoms with Crippen LogP contribution in [0.5, 0.6) is 0 Å². The number of Topliss-reactive ketones (excluding diaryl/α,β-unsaturated/α-hetero) is 1. The van der Waals surface area contributed by atoms with Gasteiger partial charge in [0.15, 0.2) is 5.78 Å². The third-order valence-electron chi connectivity index (χ3n) is 4.16. The Morgan fingerprint density at radius 1 is 1.00 bits per heavy atom. The lowest BCUT2D eigenvalue weighted by atomic mass is 9.86. The van der Waals surface area contributed by atoms with Gasteiger partial charge in [-0.05, 0) is 55.7 Å². The number of rotatable bonds is 4. The van der Waals surface area contributed by atoms with Gasteiger partial charge in [0, 0.05) is 23.4 Å². The Kier molecular flexibility index (Phi) is 5.16. The molecule has 4 heteroatoms. The molecule has 122 valence electrons. The second kappa shape index (κ2) is 7.68. The van der Waals surface area contributed by atoms with E-state index in [4.69, 9.17) is 0 Å². The maximum absolute atomic E-state index is 12.1. The predicted molar refractivity (Wildman–Crippen MR) is 96.8 cm³/mol. The highest BCUT2D eigenvalue weighted by Crippen LogP contribution is 2.25. The Bertz CT molecular complexity index is 748. The lowest BCUT2D eigenvalue weighted by Crippen LogP contribution is -2.19. The van der Waals surface area contributed by atoms with Crippen LogP contribution in [0.15, 0.2) is 76.6 Å². The van der Waals surface area contributed by atoms with Gasteiger partial charge in [-0.25, -0.2) is 0 Å². The van der Waals surface area contributed by atoms with E-state index >= 15 is 0 Å². The van der Waals surface area contributed by atoms with Crippen molar-refractivity contribution in [1.82, 2.24) is 0 Å². The van der Waals surface area contributed by atoms with Gasteiger partial charge in [0.25, 0.3) is 0 Å². The van der Waals surface area contributed by atoms with Crippen molar-refractivity contribution < 1.29 is 4.79 Å². The second-order valence-corrected chi connectivity index (χ2v) is 6.05. The summed E-state index contributed by atoms with van der Waals surface area (Å²) >= 11 is 0. The van der Waals surface area contributed by atoms with E-state index in [9.17, 15) is 4.79 Å². The van der Waals surface area contributed by atoms with Gasteiger partial charge in [0.2, 0.25) is 0 Å². The van der Waals surface area contributed by atoms with Crippen molar-refractivity contribution in [2.45, 2.75) is 26.2 Å². The molecule has 4 nitrogen and oxygen atoms in total. The Hall–Kier alpha value is -2.75. The molecule has 1 fully saturated rings. The van der Waals surface area contributed by atoms with E-state index in [1.165, 1.54) is 0 Å². The molecule has 0 saturated heterocycles. The minimum absolute atomic E-state index is 0.146. The van der Waals surface area contributed by atoms with Gasteiger partial charge in [0.05, 0.1) is 11.4 Å². The summed E-state index contributed by atoms with van der Waals surface area (Å²) in [6.07, 6.45) is 4.79. The predicted octanol–water partition coefficient (Wildman–Crippen LogP) is 5.79. The quantitative estimate of drug-likeness (QED) is 0.573. The highest BCUT2D eigenvalue weighted by molar-refractivity contribution is 5.97. The van der Waals surface area contributed by atoms with E-state index in [0.29, 0.717) is 0 Å². The van der Waals surface area contributed by atoms with Crippen molar-refractivity contribution >= 4 is 22.8 Å². The first-order valence-corrected chi connectivity index (χ1v) is 8.29. The van der Waals surface area contributed by atoms with E-state index in [2.05, 4.69) is 15.5 Å². The van der Waals surface area contributed by atoms with Gasteiger partial charge in [-0.3, -0.25) is 4.79 Å². The molecule has 1 saturated carbocycles. The normalized spacial score (nSPS) is 19.8. The summed E-state index contributed by atoms with van der Waals surface area (Å²) in [5.41, 5.74) is 3.45. The Labute approximate surface area is 142 Å². The van der Waals surface area contributed by atoms with Gasteiger partial charge in [-0.15, -0.1) is 0 Å². The number of carbonyl (C=O) groups is 1. The molecule has 0 aliphatic heterocycles. The van der Waals surface area contributed by atoms with Crippen LogP contribution in [0.3, 0.4) is 0 Å². The second-order valence-electron chi connectivity index (χ2n) is 6.05. The monoisotopic (exact) mass is 319 g/mol. The summed E-state index contributed by atoms with van der Waals surface area (Å²) in [5, 5.41) is 11.6. The zero-order valence-electron chi connectivity index (χ0n) is 13.8. The molecule has 24 heavy (non-hydrogen) atoms. The summed E-state index contributed by atoms with van der Waals surface area (Å²) in [6.45, 7) is 2.00. The van der Waals surface area contributed by atoms with Crippen molar-refractivity contribution in [2.24, 2.45) is 16.1 Å². The lowest BCUT2D eigenvalue weighted by molar-refractivity contribution is -0.119. The van der Waals surface area contributed by atoms with Crippen molar-refractivity contribution in [2.75, 3.05) is 5.32 Å². The molecule has 0 bridgehead atoms. The van der Waals surface area contributed by atoms with Crippen LogP contribution in [0.1, 0.15) is 26.2 Å². The summed E-state index contributed by atoms with van der Waals surface area (Å²) in [4.78, 5) is 12.1. The maximum atomic E-state index is 12.1. The highest BCUT2D eigenvalue weighted by Gasteiger charge is 2.22. The SMILES string of the molecule is C[C@@H]1CCC/C(=C/Nc2ccc(N=Nc3ccccc3)cc2)C1=O. The smallest absolute Gasteiger partial charge is 0.163 e. The zero-order valence-corrected chi connectivity index (χ0v) is 13.8. The number of carbonyl (C=O) groups excluding carboxylic acids is 1. The van der Waals surface area contributed by atoms with Gasteiger partial charge < -0.3 is 5.32 Å². The molecular formula is C20H21N3O. The number of ketones is 1. The molecule has 1 N–H and O–H groups in total. The fourth-order valence-corrected chi connectivity index (χ4v) is 2.72. The molecule has 0 radical (unpaired) electrons. The molecule has 0 amide bonds. The minimum Gasteiger partial charge on any atom is -0.361 e. The Morgan fingerprint density at radius 3 is 2.38 bits per heavy atom. The van der Waals surface area contributed by atoms with Crippen LogP contribution in [-0.4, -0.2) is 5.78 Å². The summed E-state index contributed by atoms with van der Waals surface area (Å²) in [6, 6.07) is 17.3. The average Bonchev–Trinajstić information content (AvgIpc) is 2.63. The van der Waals surface area contributed by atoms with Gasteiger partial charge in [-0.2, -0.15) is 10.2 Å². The number of anilines is 1. The van der Waals surface area contributed by atoms with Crippen molar-refractivity contribution in [3.05, 3.63) is 66.4 Å². The van der Waals surface area contributed by atoms with Crippen LogP contribution < -0.4 is 5.32 Å². The summed E-state index contributed by atoms with van der Waals surface area (Å²) in [5.74, 6) is 0.412. The molecule has 1 atom stereocenters. The minimum atomic E-state index is 0.146. The van der Waals surface area contributed by atoms with E-state index in [0.717, 1.165) is 41.9 Å². The first-order chi connectivity index (χ1) is 11.7. The molecule has 1 aliphatic carbocycles. The van der Waals surface area contributed by atoms with Crippen LogP contribution in [0, 0.1) is 5.92 Å². The van der Waals surface area contributed by atoms with Gasteiger partial charge >= 0.3 is 0 Å². The zero-order chi connectivity index (χ0) is 16.8. The van der Waals surface area contributed by atoms with Gasteiger partial charge in [-0.1, -0.05) is 25.1 Å². The number of hydrogen-bond acceptors (Lipinski definition) is 4. The molecule has 0 aromatic heterocycles. The van der Waals surface area contributed by atoms with E-state index in [1.54, 1.807) is 0 Å². The largest absolute Gasteiger partial charge is 0.361 e. The molecule has 1 aliphatic rings. The van der Waals surface area contributed by atoms with Gasteiger partial charge in [0.1, 0.15) is 0 Å². The van der Waals surface area contributed by atoms with Crippen LogP contribution in [-0.2, 0) is 4.79 Å². The van der Waals surface area contributed by atoms with E-state index < -0.39 is 0 Å². The fraction of sp³-hybridized carbons (Fsp3) is 0.250. The number of nitrogens with one attached hydrogen (secondary N) is 1. The topological polar surface area (TPSA) is 53.8 Å². The molecule has 0 spiro atoms. The number of hydrogen-bond donors (Lipinski definition) is 1. The third-order valence-corrected chi connectivity index (χ3v) is 4.16. The lowest BCUT2D eigenvalue weighted by Gasteiger charge is -2.19. The number of benzene rings is 2. The third kappa shape index (κ3) is 4.16. The number of azo groups is 1. The summed E-state index contributed by atoms with van der Waals surface area (Å²) in [7, 11) is 0. The van der Waals surface area contributed by atoms with E-state index in [1.807, 2.05) is 67.7 Å². The van der Waals surface area contributed by atoms with Crippen LogP contribution in [0.25, 0.3) is 0 Å². The molecular weight excluding hydrogens is 298 g/mol. The fourth-order valence-electron chi connectivity index (χ4n) is 2.72. The molecule has 3 rings (SSSR count). The maximum Gasteiger partial charge on any atom is 0.163 e. The molecule has 2 aromatic rings.